The molecule has 5 rings (SSSR count). The summed E-state index contributed by atoms with van der Waals surface area (Å²) in [6.45, 7) is 24.6. The van der Waals surface area contributed by atoms with Crippen molar-refractivity contribution < 1.29 is 14.3 Å². The Morgan fingerprint density at radius 1 is 1.09 bits per heavy atom. The summed E-state index contributed by atoms with van der Waals surface area (Å²) in [6, 6.07) is 6.85. The SMILES string of the molecule is C=C(NCc1c(C)cc(C)[nH]c1=O)c1c(CC)c(N(CC)C2CCOCC2)cc2oc(CN3CCN(CC(C)(C)O)CC3)cc12. The average Bonchev–Trinajstić information content (AvgIpc) is 3.38. The number of piperazine rings is 1. The monoisotopic (exact) mass is 619 g/mol. The molecule has 0 amide bonds. The van der Waals surface area contributed by atoms with Crippen LogP contribution in [0.2, 0.25) is 0 Å². The highest BCUT2D eigenvalue weighted by molar-refractivity contribution is 5.96. The Morgan fingerprint density at radius 3 is 2.40 bits per heavy atom. The van der Waals surface area contributed by atoms with Crippen molar-refractivity contribution in [2.45, 2.75) is 85.5 Å². The van der Waals surface area contributed by atoms with Crippen LogP contribution < -0.4 is 15.8 Å². The second-order valence-corrected chi connectivity index (χ2v) is 13.5. The maximum Gasteiger partial charge on any atom is 0.253 e. The van der Waals surface area contributed by atoms with Gasteiger partial charge in [-0.15, -0.1) is 0 Å². The summed E-state index contributed by atoms with van der Waals surface area (Å²) in [4.78, 5) is 23.0. The molecule has 246 valence electrons. The van der Waals surface area contributed by atoms with Gasteiger partial charge in [0.2, 0.25) is 0 Å². The zero-order valence-electron chi connectivity index (χ0n) is 28.2. The van der Waals surface area contributed by atoms with Crippen LogP contribution in [0.25, 0.3) is 16.7 Å². The molecule has 4 heterocycles. The van der Waals surface area contributed by atoms with E-state index in [0.717, 1.165) is 117 Å². The summed E-state index contributed by atoms with van der Waals surface area (Å²) in [5.74, 6) is 0.939. The topological polar surface area (TPSA) is 97.2 Å². The third kappa shape index (κ3) is 7.83. The molecule has 0 unspecified atom stereocenters. The summed E-state index contributed by atoms with van der Waals surface area (Å²) < 4.78 is 12.3. The molecule has 2 aliphatic heterocycles. The van der Waals surface area contributed by atoms with E-state index in [2.05, 4.69) is 57.6 Å². The van der Waals surface area contributed by atoms with Gasteiger partial charge in [0.05, 0.1) is 12.1 Å². The van der Waals surface area contributed by atoms with E-state index in [0.29, 0.717) is 19.1 Å². The molecule has 0 spiro atoms. The highest BCUT2D eigenvalue weighted by Gasteiger charge is 2.28. The standard InChI is InChI=1S/C36H53N5O4/c1-8-29-32(41(9-2)27-10-16-44-17-11-27)20-33-30(34(29)26(5)37-21-31-24(3)18-25(4)38-35(31)42)19-28(45-33)22-39-12-14-40(15-13-39)23-36(6,7)43/h18-20,27,37,43H,5,8-17,21-23H2,1-4,6-7H3,(H,38,42). The summed E-state index contributed by atoms with van der Waals surface area (Å²) in [5, 5.41) is 14.8. The van der Waals surface area contributed by atoms with Gasteiger partial charge in [-0.2, -0.15) is 0 Å². The van der Waals surface area contributed by atoms with Crippen LogP contribution in [0.3, 0.4) is 0 Å². The van der Waals surface area contributed by atoms with Crippen LogP contribution in [0.15, 0.2) is 34.0 Å². The van der Waals surface area contributed by atoms with E-state index in [-0.39, 0.29) is 5.56 Å². The number of rotatable bonds is 12. The maximum atomic E-state index is 12.8. The minimum Gasteiger partial charge on any atom is -0.460 e. The Bertz CT molecular complexity index is 1540. The fourth-order valence-corrected chi connectivity index (χ4v) is 7.18. The van der Waals surface area contributed by atoms with E-state index < -0.39 is 5.60 Å². The number of H-pyrrole nitrogens is 1. The lowest BCUT2D eigenvalue weighted by Crippen LogP contribution is -2.50. The summed E-state index contributed by atoms with van der Waals surface area (Å²) >= 11 is 0. The Hall–Kier alpha value is -3.11. The highest BCUT2D eigenvalue weighted by Crippen LogP contribution is 2.39. The van der Waals surface area contributed by atoms with Crippen molar-refractivity contribution in [1.82, 2.24) is 20.1 Å². The van der Waals surface area contributed by atoms with E-state index in [9.17, 15) is 9.90 Å². The number of pyridine rings is 1. The second-order valence-electron chi connectivity index (χ2n) is 13.5. The van der Waals surface area contributed by atoms with Gasteiger partial charge in [-0.3, -0.25) is 14.6 Å². The van der Waals surface area contributed by atoms with E-state index in [4.69, 9.17) is 9.15 Å². The molecule has 0 bridgehead atoms. The third-order valence-corrected chi connectivity index (χ3v) is 9.32. The molecule has 3 N–H and O–H groups in total. The number of nitrogens with one attached hydrogen (secondary N) is 2. The van der Waals surface area contributed by atoms with Crippen LogP contribution in [0.4, 0.5) is 5.69 Å². The number of benzene rings is 1. The first-order valence-corrected chi connectivity index (χ1v) is 16.7. The fraction of sp³-hybridized carbons (Fsp3) is 0.583. The van der Waals surface area contributed by atoms with Crippen LogP contribution >= 0.6 is 0 Å². The number of β-amino-alcohol motifs (C(OH)–C–C–N with tert-alkyl or cyclic N) is 1. The second kappa shape index (κ2) is 14.1. The first-order valence-electron chi connectivity index (χ1n) is 16.7. The molecule has 2 fully saturated rings. The molecule has 0 saturated carbocycles. The Labute approximate surface area is 268 Å². The summed E-state index contributed by atoms with van der Waals surface area (Å²) in [5.41, 5.74) is 6.98. The van der Waals surface area contributed by atoms with Gasteiger partial charge in [-0.25, -0.2) is 0 Å². The molecule has 0 radical (unpaired) electrons. The first kappa shape index (κ1) is 33.3. The number of furan rings is 1. The number of aromatic amines is 1. The summed E-state index contributed by atoms with van der Waals surface area (Å²) in [7, 11) is 0. The number of aliphatic hydroxyl groups is 1. The molecule has 0 aliphatic carbocycles. The van der Waals surface area contributed by atoms with E-state index in [1.807, 2.05) is 33.8 Å². The van der Waals surface area contributed by atoms with Crippen LogP contribution in [0.1, 0.15) is 74.2 Å². The van der Waals surface area contributed by atoms with E-state index >= 15 is 0 Å². The first-order chi connectivity index (χ1) is 21.5. The molecule has 9 nitrogen and oxygen atoms in total. The predicted octanol–water partition coefficient (Wildman–Crippen LogP) is 4.95. The molecule has 1 aromatic carbocycles. The molecule has 3 aromatic rings. The normalized spacial score (nSPS) is 17.2. The van der Waals surface area contributed by atoms with Crippen molar-refractivity contribution in [1.29, 1.82) is 0 Å². The molecular weight excluding hydrogens is 566 g/mol. The predicted molar refractivity (Wildman–Crippen MR) is 183 cm³/mol. The van der Waals surface area contributed by atoms with Crippen molar-refractivity contribution in [3.8, 4) is 0 Å². The Balaban J connectivity index is 1.48. The molecule has 2 aromatic heterocycles. The number of nitrogens with zero attached hydrogens (tertiary/aromatic N) is 3. The zero-order chi connectivity index (χ0) is 32.3. The van der Waals surface area contributed by atoms with Gasteiger partial charge in [-0.1, -0.05) is 13.5 Å². The smallest absolute Gasteiger partial charge is 0.253 e. The number of hydrogen-bond acceptors (Lipinski definition) is 8. The Kier molecular flexibility index (Phi) is 10.4. The van der Waals surface area contributed by atoms with E-state index in [1.165, 1.54) is 11.3 Å². The van der Waals surface area contributed by atoms with Crippen LogP contribution in [0, 0.1) is 13.8 Å². The zero-order valence-corrected chi connectivity index (χ0v) is 28.2. The van der Waals surface area contributed by atoms with Crippen molar-refractivity contribution in [3.63, 3.8) is 0 Å². The highest BCUT2D eigenvalue weighted by atomic mass is 16.5. The maximum absolute atomic E-state index is 12.8. The fourth-order valence-electron chi connectivity index (χ4n) is 7.18. The quantitative estimate of drug-likeness (QED) is 0.262. The minimum atomic E-state index is -0.689. The molecule has 2 aliphatic rings. The van der Waals surface area contributed by atoms with Gasteiger partial charge >= 0.3 is 0 Å². The van der Waals surface area contributed by atoms with Gasteiger partial charge in [0.25, 0.3) is 5.56 Å². The largest absolute Gasteiger partial charge is 0.460 e. The van der Waals surface area contributed by atoms with Gasteiger partial charge < -0.3 is 29.5 Å². The van der Waals surface area contributed by atoms with Gasteiger partial charge in [-0.05, 0) is 77.1 Å². The third-order valence-electron chi connectivity index (χ3n) is 9.32. The molecule has 2 saturated heterocycles. The van der Waals surface area contributed by atoms with Gasteiger partial charge in [0.15, 0.2) is 0 Å². The minimum absolute atomic E-state index is 0.0627. The molecule has 45 heavy (non-hydrogen) atoms. The van der Waals surface area contributed by atoms with Crippen molar-refractivity contribution in [2.75, 3.05) is 57.4 Å². The van der Waals surface area contributed by atoms with Crippen LogP contribution in [0.5, 0.6) is 0 Å². The lowest BCUT2D eigenvalue weighted by molar-refractivity contribution is 0.0159. The van der Waals surface area contributed by atoms with Crippen molar-refractivity contribution in [2.24, 2.45) is 0 Å². The number of anilines is 1. The van der Waals surface area contributed by atoms with Crippen molar-refractivity contribution >= 4 is 22.4 Å². The van der Waals surface area contributed by atoms with Crippen molar-refractivity contribution in [3.05, 3.63) is 68.8 Å². The molecule has 0 atom stereocenters. The number of aryl methyl sites for hydroxylation is 2. The number of hydrogen-bond donors (Lipinski definition) is 3. The molecular formula is C36H53N5O4. The molecule has 9 heteroatoms. The number of fused-ring (bicyclic) bond motifs is 1. The van der Waals surface area contributed by atoms with E-state index in [1.54, 1.807) is 0 Å². The summed E-state index contributed by atoms with van der Waals surface area (Å²) in [6.07, 6.45) is 2.85. The average molecular weight is 620 g/mol. The number of ether oxygens (including phenoxy) is 1. The van der Waals surface area contributed by atoms with Crippen LogP contribution in [-0.4, -0.2) is 84.0 Å². The lowest BCUT2D eigenvalue weighted by Gasteiger charge is -2.37. The van der Waals surface area contributed by atoms with Gasteiger partial charge in [0.1, 0.15) is 11.3 Å². The Morgan fingerprint density at radius 2 is 1.78 bits per heavy atom. The number of aromatic nitrogens is 1. The van der Waals surface area contributed by atoms with Crippen LogP contribution in [-0.2, 0) is 24.2 Å². The lowest BCUT2D eigenvalue weighted by atomic mass is 9.94. The van der Waals surface area contributed by atoms with Gasteiger partial charge in [0, 0.05) is 105 Å².